The van der Waals surface area contributed by atoms with Crippen LogP contribution in [0.2, 0.25) is 0 Å². The van der Waals surface area contributed by atoms with Crippen LogP contribution in [0, 0.1) is 19.7 Å². The molecule has 1 N–H and O–H groups in total. The van der Waals surface area contributed by atoms with E-state index in [-0.39, 0.29) is 24.8 Å². The van der Waals surface area contributed by atoms with Gasteiger partial charge in [0.2, 0.25) is 5.91 Å². The zero-order valence-corrected chi connectivity index (χ0v) is 12.2. The molecule has 0 spiro atoms. The van der Waals surface area contributed by atoms with Gasteiger partial charge in [0.05, 0.1) is 13.0 Å². The predicted octanol–water partition coefficient (Wildman–Crippen LogP) is 3.85. The van der Waals surface area contributed by atoms with Gasteiger partial charge in [-0.05, 0) is 43.2 Å². The molecule has 0 aliphatic carbocycles. The Labute approximate surface area is 123 Å². The molecule has 0 atom stereocenters. The fraction of sp³-hybridized carbons (Fsp3) is 0.235. The molecule has 21 heavy (non-hydrogen) atoms. The SMILES string of the molecule is Cc1ccc(F)cc1NC(=O)CCOc1ccccc1C. The van der Waals surface area contributed by atoms with Gasteiger partial charge in [-0.25, -0.2) is 4.39 Å². The number of carbonyl (C=O) groups is 1. The number of benzene rings is 2. The van der Waals surface area contributed by atoms with Gasteiger partial charge in [-0.2, -0.15) is 0 Å². The third-order valence-corrected chi connectivity index (χ3v) is 3.15. The first-order valence-corrected chi connectivity index (χ1v) is 6.80. The lowest BCUT2D eigenvalue weighted by molar-refractivity contribution is -0.116. The number of nitrogens with one attached hydrogen (secondary N) is 1. The van der Waals surface area contributed by atoms with Crippen LogP contribution in [0.15, 0.2) is 42.5 Å². The molecule has 0 fully saturated rings. The molecule has 1 amide bonds. The summed E-state index contributed by atoms with van der Waals surface area (Å²) in [5.74, 6) is 0.205. The number of ether oxygens (including phenoxy) is 1. The van der Waals surface area contributed by atoms with E-state index in [1.807, 2.05) is 38.1 Å². The molecule has 0 aliphatic heterocycles. The molecule has 2 aromatic carbocycles. The van der Waals surface area contributed by atoms with Crippen LogP contribution in [0.25, 0.3) is 0 Å². The first-order valence-electron chi connectivity index (χ1n) is 6.80. The number of aryl methyl sites for hydroxylation is 2. The minimum absolute atomic E-state index is 0.197. The summed E-state index contributed by atoms with van der Waals surface area (Å²) in [6.45, 7) is 4.05. The average Bonchev–Trinajstić information content (AvgIpc) is 2.45. The number of amides is 1. The van der Waals surface area contributed by atoms with Gasteiger partial charge in [-0.15, -0.1) is 0 Å². The van der Waals surface area contributed by atoms with E-state index in [0.29, 0.717) is 5.69 Å². The zero-order valence-electron chi connectivity index (χ0n) is 12.2. The number of rotatable bonds is 5. The smallest absolute Gasteiger partial charge is 0.227 e. The van der Waals surface area contributed by atoms with E-state index >= 15 is 0 Å². The number of hydrogen-bond acceptors (Lipinski definition) is 2. The van der Waals surface area contributed by atoms with Gasteiger partial charge in [-0.1, -0.05) is 24.3 Å². The molecular formula is C17H18FNO2. The minimum atomic E-state index is -0.368. The second-order valence-electron chi connectivity index (χ2n) is 4.87. The lowest BCUT2D eigenvalue weighted by atomic mass is 10.2. The monoisotopic (exact) mass is 287 g/mol. The van der Waals surface area contributed by atoms with E-state index < -0.39 is 0 Å². The van der Waals surface area contributed by atoms with Crippen LogP contribution >= 0.6 is 0 Å². The van der Waals surface area contributed by atoms with E-state index in [9.17, 15) is 9.18 Å². The zero-order chi connectivity index (χ0) is 15.2. The van der Waals surface area contributed by atoms with Crippen LogP contribution in [0.1, 0.15) is 17.5 Å². The minimum Gasteiger partial charge on any atom is -0.493 e. The number of halogens is 1. The molecular weight excluding hydrogens is 269 g/mol. The van der Waals surface area contributed by atoms with Crippen LogP contribution in [0.5, 0.6) is 5.75 Å². The van der Waals surface area contributed by atoms with Crippen molar-refractivity contribution in [1.82, 2.24) is 0 Å². The Morgan fingerprint density at radius 1 is 1.14 bits per heavy atom. The molecule has 0 saturated heterocycles. The van der Waals surface area contributed by atoms with Gasteiger partial charge in [-0.3, -0.25) is 4.79 Å². The van der Waals surface area contributed by atoms with Gasteiger partial charge in [0.25, 0.3) is 0 Å². The summed E-state index contributed by atoms with van der Waals surface area (Å²) in [4.78, 5) is 11.8. The van der Waals surface area contributed by atoms with Gasteiger partial charge in [0.1, 0.15) is 11.6 Å². The van der Waals surface area contributed by atoms with Crippen molar-refractivity contribution in [2.75, 3.05) is 11.9 Å². The van der Waals surface area contributed by atoms with Crippen molar-refractivity contribution >= 4 is 11.6 Å². The highest BCUT2D eigenvalue weighted by atomic mass is 19.1. The summed E-state index contributed by atoms with van der Waals surface area (Å²) in [6, 6.07) is 12.0. The molecule has 0 heterocycles. The molecule has 0 aromatic heterocycles. The molecule has 3 nitrogen and oxygen atoms in total. The van der Waals surface area contributed by atoms with Crippen LogP contribution in [0.4, 0.5) is 10.1 Å². The summed E-state index contributed by atoms with van der Waals surface area (Å²) in [6.07, 6.45) is 0.213. The standard InChI is InChI=1S/C17H18FNO2/c1-12-7-8-14(18)11-15(12)19-17(20)9-10-21-16-6-4-3-5-13(16)2/h3-8,11H,9-10H2,1-2H3,(H,19,20). The highest BCUT2D eigenvalue weighted by Gasteiger charge is 2.07. The molecule has 0 aliphatic rings. The van der Waals surface area contributed by atoms with Crippen molar-refractivity contribution in [2.24, 2.45) is 0 Å². The van der Waals surface area contributed by atoms with E-state index in [1.165, 1.54) is 12.1 Å². The quantitative estimate of drug-likeness (QED) is 0.907. The summed E-state index contributed by atoms with van der Waals surface area (Å²) in [5, 5.41) is 2.69. The molecule has 0 bridgehead atoms. The van der Waals surface area contributed by atoms with Crippen molar-refractivity contribution in [3.8, 4) is 5.75 Å². The molecule has 0 unspecified atom stereocenters. The summed E-state index contributed by atoms with van der Waals surface area (Å²) >= 11 is 0. The fourth-order valence-corrected chi connectivity index (χ4v) is 1.91. The van der Waals surface area contributed by atoms with Crippen molar-refractivity contribution in [2.45, 2.75) is 20.3 Å². The predicted molar refractivity (Wildman–Crippen MR) is 81.1 cm³/mol. The topological polar surface area (TPSA) is 38.3 Å². The average molecular weight is 287 g/mol. The van der Waals surface area contributed by atoms with Crippen LogP contribution < -0.4 is 10.1 Å². The maximum absolute atomic E-state index is 13.1. The molecule has 0 saturated carbocycles. The van der Waals surface area contributed by atoms with E-state index in [4.69, 9.17) is 4.74 Å². The van der Waals surface area contributed by atoms with Crippen LogP contribution in [-0.2, 0) is 4.79 Å². The van der Waals surface area contributed by atoms with Crippen molar-refractivity contribution in [3.05, 3.63) is 59.4 Å². The second kappa shape index (κ2) is 6.88. The first kappa shape index (κ1) is 15.0. The van der Waals surface area contributed by atoms with Crippen molar-refractivity contribution < 1.29 is 13.9 Å². The van der Waals surface area contributed by atoms with Crippen LogP contribution in [0.3, 0.4) is 0 Å². The maximum Gasteiger partial charge on any atom is 0.227 e. The highest BCUT2D eigenvalue weighted by Crippen LogP contribution is 2.17. The normalized spacial score (nSPS) is 10.2. The summed E-state index contributed by atoms with van der Waals surface area (Å²) in [7, 11) is 0. The molecule has 2 rings (SSSR count). The third-order valence-electron chi connectivity index (χ3n) is 3.15. The third kappa shape index (κ3) is 4.31. The first-order chi connectivity index (χ1) is 10.1. The Hall–Kier alpha value is -2.36. The number of para-hydroxylation sites is 1. The Balaban J connectivity index is 1.85. The van der Waals surface area contributed by atoms with Gasteiger partial charge >= 0.3 is 0 Å². The molecule has 110 valence electrons. The van der Waals surface area contributed by atoms with Crippen LogP contribution in [-0.4, -0.2) is 12.5 Å². The van der Waals surface area contributed by atoms with E-state index in [2.05, 4.69) is 5.32 Å². The lowest BCUT2D eigenvalue weighted by Crippen LogP contribution is -2.16. The highest BCUT2D eigenvalue weighted by molar-refractivity contribution is 5.91. The molecule has 4 heteroatoms. The Morgan fingerprint density at radius 3 is 2.67 bits per heavy atom. The molecule has 0 radical (unpaired) electrons. The summed E-state index contributed by atoms with van der Waals surface area (Å²) < 4.78 is 18.7. The number of anilines is 1. The van der Waals surface area contributed by atoms with Crippen molar-refractivity contribution in [3.63, 3.8) is 0 Å². The number of hydrogen-bond donors (Lipinski definition) is 1. The maximum atomic E-state index is 13.1. The van der Waals surface area contributed by atoms with Gasteiger partial charge in [0, 0.05) is 5.69 Å². The Morgan fingerprint density at radius 2 is 1.90 bits per heavy atom. The van der Waals surface area contributed by atoms with Gasteiger partial charge < -0.3 is 10.1 Å². The lowest BCUT2D eigenvalue weighted by Gasteiger charge is -2.10. The number of carbonyl (C=O) groups excluding carboxylic acids is 1. The fourth-order valence-electron chi connectivity index (χ4n) is 1.91. The Bertz CT molecular complexity index is 640. The van der Waals surface area contributed by atoms with E-state index in [0.717, 1.165) is 16.9 Å². The molecule has 2 aromatic rings. The largest absolute Gasteiger partial charge is 0.493 e. The van der Waals surface area contributed by atoms with Crippen molar-refractivity contribution in [1.29, 1.82) is 0 Å². The summed E-state index contributed by atoms with van der Waals surface area (Å²) in [5.41, 5.74) is 2.35. The van der Waals surface area contributed by atoms with E-state index in [1.54, 1.807) is 6.07 Å². The second-order valence-corrected chi connectivity index (χ2v) is 4.87. The van der Waals surface area contributed by atoms with Gasteiger partial charge in [0.15, 0.2) is 0 Å². The Kier molecular flexibility index (Phi) is 4.93.